The second kappa shape index (κ2) is 4.33. The minimum absolute atomic E-state index is 0.195. The standard InChI is InChI=1S/C12H17N3/c1-9-4-5-10(7-13)11(6-9)15-12(2,3)8-14/h4-6,15H,8,14H2,1-3H3. The maximum absolute atomic E-state index is 8.96. The first-order valence-electron chi connectivity index (χ1n) is 4.97. The summed E-state index contributed by atoms with van der Waals surface area (Å²) in [5.41, 5.74) is 8.08. The normalized spacial score (nSPS) is 10.9. The minimum Gasteiger partial charge on any atom is -0.378 e. The molecular formula is C12H17N3. The zero-order chi connectivity index (χ0) is 11.5. The number of nitrogens with zero attached hydrogens (tertiary/aromatic N) is 1. The number of nitriles is 1. The molecule has 80 valence electrons. The van der Waals surface area contributed by atoms with Crippen LogP contribution in [0.15, 0.2) is 18.2 Å². The molecule has 1 rings (SSSR count). The molecule has 1 aromatic carbocycles. The molecule has 0 aliphatic carbocycles. The van der Waals surface area contributed by atoms with Crippen LogP contribution in [0.2, 0.25) is 0 Å². The average molecular weight is 203 g/mol. The number of nitrogens with two attached hydrogens (primary N) is 1. The minimum atomic E-state index is -0.195. The molecule has 3 N–H and O–H groups in total. The molecule has 15 heavy (non-hydrogen) atoms. The third-order valence-electron chi connectivity index (χ3n) is 2.28. The maximum Gasteiger partial charge on any atom is 0.101 e. The number of nitrogens with one attached hydrogen (secondary N) is 1. The first-order valence-corrected chi connectivity index (χ1v) is 4.97. The van der Waals surface area contributed by atoms with Crippen LogP contribution in [0.4, 0.5) is 5.69 Å². The van der Waals surface area contributed by atoms with Crippen molar-refractivity contribution in [2.45, 2.75) is 26.3 Å². The van der Waals surface area contributed by atoms with Crippen LogP contribution in [-0.4, -0.2) is 12.1 Å². The van der Waals surface area contributed by atoms with Gasteiger partial charge in [0.15, 0.2) is 0 Å². The van der Waals surface area contributed by atoms with Crippen molar-refractivity contribution in [1.29, 1.82) is 5.26 Å². The molecule has 0 radical (unpaired) electrons. The van der Waals surface area contributed by atoms with E-state index in [1.165, 1.54) is 0 Å². The molecule has 0 unspecified atom stereocenters. The molecule has 0 atom stereocenters. The lowest BCUT2D eigenvalue weighted by atomic mass is 10.0. The van der Waals surface area contributed by atoms with Gasteiger partial charge in [-0.25, -0.2) is 0 Å². The van der Waals surface area contributed by atoms with E-state index in [4.69, 9.17) is 11.0 Å². The second-order valence-corrected chi connectivity index (χ2v) is 4.37. The summed E-state index contributed by atoms with van der Waals surface area (Å²) < 4.78 is 0. The number of hydrogen-bond donors (Lipinski definition) is 2. The molecule has 0 aromatic heterocycles. The van der Waals surface area contributed by atoms with Crippen molar-refractivity contribution in [3.05, 3.63) is 29.3 Å². The predicted octanol–water partition coefficient (Wildman–Crippen LogP) is 2.02. The largest absolute Gasteiger partial charge is 0.378 e. The van der Waals surface area contributed by atoms with Gasteiger partial charge in [-0.05, 0) is 38.5 Å². The van der Waals surface area contributed by atoms with E-state index in [0.717, 1.165) is 11.3 Å². The van der Waals surface area contributed by atoms with Crippen LogP contribution in [0, 0.1) is 18.3 Å². The highest BCUT2D eigenvalue weighted by Gasteiger charge is 2.16. The molecule has 3 heteroatoms. The maximum atomic E-state index is 8.96. The van der Waals surface area contributed by atoms with Gasteiger partial charge in [-0.3, -0.25) is 0 Å². The summed E-state index contributed by atoms with van der Waals surface area (Å²) in [6.07, 6.45) is 0. The first-order chi connectivity index (χ1) is 6.98. The summed E-state index contributed by atoms with van der Waals surface area (Å²) in [7, 11) is 0. The van der Waals surface area contributed by atoms with Gasteiger partial charge in [0.25, 0.3) is 0 Å². The smallest absolute Gasteiger partial charge is 0.101 e. The SMILES string of the molecule is Cc1ccc(C#N)c(NC(C)(C)CN)c1. The fourth-order valence-electron chi connectivity index (χ4n) is 1.27. The monoisotopic (exact) mass is 203 g/mol. The van der Waals surface area contributed by atoms with Crippen LogP contribution >= 0.6 is 0 Å². The molecule has 0 aliphatic rings. The van der Waals surface area contributed by atoms with Crippen LogP contribution in [0.25, 0.3) is 0 Å². The molecule has 0 saturated carbocycles. The van der Waals surface area contributed by atoms with Gasteiger partial charge in [0, 0.05) is 12.1 Å². The highest BCUT2D eigenvalue weighted by Crippen LogP contribution is 2.20. The summed E-state index contributed by atoms with van der Waals surface area (Å²) in [4.78, 5) is 0. The van der Waals surface area contributed by atoms with Gasteiger partial charge in [0.2, 0.25) is 0 Å². The number of aryl methyl sites for hydroxylation is 1. The zero-order valence-electron chi connectivity index (χ0n) is 9.46. The Morgan fingerprint density at radius 1 is 1.47 bits per heavy atom. The number of rotatable bonds is 3. The molecule has 0 bridgehead atoms. The Balaban J connectivity index is 3.04. The van der Waals surface area contributed by atoms with Crippen molar-refractivity contribution < 1.29 is 0 Å². The lowest BCUT2D eigenvalue weighted by molar-refractivity contribution is 0.580. The van der Waals surface area contributed by atoms with Gasteiger partial charge in [0.1, 0.15) is 6.07 Å². The zero-order valence-corrected chi connectivity index (χ0v) is 9.46. The molecule has 0 aliphatic heterocycles. The molecule has 0 heterocycles. The van der Waals surface area contributed by atoms with Crippen molar-refractivity contribution in [2.75, 3.05) is 11.9 Å². The van der Waals surface area contributed by atoms with Crippen LogP contribution in [0.1, 0.15) is 25.0 Å². The highest BCUT2D eigenvalue weighted by molar-refractivity contribution is 5.59. The summed E-state index contributed by atoms with van der Waals surface area (Å²) in [6, 6.07) is 7.89. The fourth-order valence-corrected chi connectivity index (χ4v) is 1.27. The van der Waals surface area contributed by atoms with E-state index < -0.39 is 0 Å². The third-order valence-corrected chi connectivity index (χ3v) is 2.28. The predicted molar refractivity (Wildman–Crippen MR) is 62.7 cm³/mol. The lowest BCUT2D eigenvalue weighted by Gasteiger charge is -2.26. The molecule has 1 aromatic rings. The van der Waals surface area contributed by atoms with Gasteiger partial charge < -0.3 is 11.1 Å². The van der Waals surface area contributed by atoms with Gasteiger partial charge in [-0.15, -0.1) is 0 Å². The molecule has 0 fully saturated rings. The fraction of sp³-hybridized carbons (Fsp3) is 0.417. The van der Waals surface area contributed by atoms with Crippen molar-refractivity contribution in [1.82, 2.24) is 0 Å². The van der Waals surface area contributed by atoms with E-state index in [1.807, 2.05) is 39.0 Å². The summed E-state index contributed by atoms with van der Waals surface area (Å²) in [5.74, 6) is 0. The van der Waals surface area contributed by atoms with E-state index in [-0.39, 0.29) is 5.54 Å². The molecule has 3 nitrogen and oxygen atoms in total. The molecule has 0 amide bonds. The summed E-state index contributed by atoms with van der Waals surface area (Å²) >= 11 is 0. The van der Waals surface area contributed by atoms with Crippen LogP contribution < -0.4 is 11.1 Å². The topological polar surface area (TPSA) is 61.8 Å². The second-order valence-electron chi connectivity index (χ2n) is 4.37. The lowest BCUT2D eigenvalue weighted by Crippen LogP contribution is -2.39. The summed E-state index contributed by atoms with van der Waals surface area (Å²) in [6.45, 7) is 6.54. The van der Waals surface area contributed by atoms with Crippen LogP contribution in [0.5, 0.6) is 0 Å². The quantitative estimate of drug-likeness (QED) is 0.790. The van der Waals surface area contributed by atoms with E-state index in [2.05, 4.69) is 11.4 Å². The van der Waals surface area contributed by atoms with Gasteiger partial charge >= 0.3 is 0 Å². The van der Waals surface area contributed by atoms with E-state index >= 15 is 0 Å². The van der Waals surface area contributed by atoms with Gasteiger partial charge in [-0.1, -0.05) is 6.07 Å². The van der Waals surface area contributed by atoms with E-state index in [1.54, 1.807) is 0 Å². The van der Waals surface area contributed by atoms with Crippen molar-refractivity contribution >= 4 is 5.69 Å². The Bertz CT molecular complexity index is 388. The van der Waals surface area contributed by atoms with Crippen molar-refractivity contribution in [3.63, 3.8) is 0 Å². The Labute approximate surface area is 90.9 Å². The van der Waals surface area contributed by atoms with Gasteiger partial charge in [0.05, 0.1) is 11.3 Å². The molecule has 0 spiro atoms. The van der Waals surface area contributed by atoms with Gasteiger partial charge in [-0.2, -0.15) is 5.26 Å². The third kappa shape index (κ3) is 2.97. The Hall–Kier alpha value is -1.53. The van der Waals surface area contributed by atoms with Crippen molar-refractivity contribution in [2.24, 2.45) is 5.73 Å². The van der Waals surface area contributed by atoms with E-state index in [0.29, 0.717) is 12.1 Å². The van der Waals surface area contributed by atoms with E-state index in [9.17, 15) is 0 Å². The number of hydrogen-bond acceptors (Lipinski definition) is 3. The van der Waals surface area contributed by atoms with Crippen LogP contribution in [0.3, 0.4) is 0 Å². The Morgan fingerprint density at radius 3 is 2.67 bits per heavy atom. The molecular weight excluding hydrogens is 186 g/mol. The van der Waals surface area contributed by atoms with Crippen molar-refractivity contribution in [3.8, 4) is 6.07 Å². The number of anilines is 1. The van der Waals surface area contributed by atoms with Crippen LogP contribution in [-0.2, 0) is 0 Å². The molecule has 0 saturated heterocycles. The number of benzene rings is 1. The Morgan fingerprint density at radius 2 is 2.13 bits per heavy atom. The Kier molecular flexibility index (Phi) is 3.33. The first kappa shape index (κ1) is 11.5. The average Bonchev–Trinajstić information content (AvgIpc) is 2.18. The highest BCUT2D eigenvalue weighted by atomic mass is 15.0. The summed E-state index contributed by atoms with van der Waals surface area (Å²) in [5, 5.41) is 12.2.